The van der Waals surface area contributed by atoms with Crippen molar-refractivity contribution in [1.29, 1.82) is 0 Å². The smallest absolute Gasteiger partial charge is 0.305 e. The molecule has 2 N–H and O–H groups in total. The van der Waals surface area contributed by atoms with E-state index in [2.05, 4.69) is 26.1 Å². The van der Waals surface area contributed by atoms with E-state index in [0.29, 0.717) is 0 Å². The molecule has 0 radical (unpaired) electrons. The van der Waals surface area contributed by atoms with Gasteiger partial charge in [-0.1, -0.05) is 64.3 Å². The summed E-state index contributed by atoms with van der Waals surface area (Å²) in [5.74, 6) is -0.867. The minimum Gasteiger partial charge on any atom is -0.481 e. The molecule has 0 spiro atoms. The molecule has 0 saturated heterocycles. The van der Waals surface area contributed by atoms with Crippen molar-refractivity contribution in [3.63, 3.8) is 0 Å². The highest BCUT2D eigenvalue weighted by Crippen LogP contribution is 2.27. The standard InChI is InChI=1S/C20H29NO3/c1-20(2,3)16-11-9-14(10-12-16)17(13-18(22)23)21-19(24)15-7-5-4-6-8-15/h9-12,15,17H,4-8,13H2,1-3H3,(H,21,24)(H,22,23). The van der Waals surface area contributed by atoms with Crippen LogP contribution in [0.15, 0.2) is 24.3 Å². The maximum absolute atomic E-state index is 12.5. The number of carboxylic acid groups (broad SMARTS) is 1. The minimum absolute atomic E-state index is 0.000785. The average Bonchev–Trinajstić information content (AvgIpc) is 2.54. The molecular weight excluding hydrogens is 302 g/mol. The summed E-state index contributed by atoms with van der Waals surface area (Å²) in [6.45, 7) is 6.42. The Hall–Kier alpha value is -1.84. The molecular formula is C20H29NO3. The van der Waals surface area contributed by atoms with Crippen LogP contribution in [0.4, 0.5) is 0 Å². The third-order valence-corrected chi connectivity index (χ3v) is 4.85. The number of hydrogen-bond donors (Lipinski definition) is 2. The molecule has 132 valence electrons. The zero-order chi connectivity index (χ0) is 17.7. The number of amides is 1. The zero-order valence-corrected chi connectivity index (χ0v) is 15.0. The molecule has 24 heavy (non-hydrogen) atoms. The van der Waals surface area contributed by atoms with Gasteiger partial charge in [-0.25, -0.2) is 0 Å². The van der Waals surface area contributed by atoms with Crippen LogP contribution in [0, 0.1) is 5.92 Å². The monoisotopic (exact) mass is 331 g/mol. The van der Waals surface area contributed by atoms with Gasteiger partial charge in [-0.3, -0.25) is 9.59 Å². The first-order valence-electron chi connectivity index (χ1n) is 8.90. The maximum atomic E-state index is 12.5. The van der Waals surface area contributed by atoms with E-state index < -0.39 is 12.0 Å². The summed E-state index contributed by atoms with van der Waals surface area (Å²) in [5, 5.41) is 12.2. The molecule has 1 aromatic carbocycles. The molecule has 4 heteroatoms. The molecule has 1 aliphatic rings. The molecule has 1 amide bonds. The molecule has 0 heterocycles. The first kappa shape index (κ1) is 18.5. The van der Waals surface area contributed by atoms with Crippen molar-refractivity contribution in [2.75, 3.05) is 0 Å². The quantitative estimate of drug-likeness (QED) is 0.850. The predicted molar refractivity (Wildman–Crippen MR) is 94.9 cm³/mol. The number of benzene rings is 1. The first-order valence-corrected chi connectivity index (χ1v) is 8.90. The van der Waals surface area contributed by atoms with Crippen LogP contribution in [-0.4, -0.2) is 17.0 Å². The summed E-state index contributed by atoms with van der Waals surface area (Å²) >= 11 is 0. The van der Waals surface area contributed by atoms with E-state index in [0.717, 1.165) is 31.2 Å². The Bertz CT molecular complexity index is 566. The summed E-state index contributed by atoms with van der Waals surface area (Å²) in [7, 11) is 0. The lowest BCUT2D eigenvalue weighted by molar-refractivity contribution is -0.138. The van der Waals surface area contributed by atoms with Gasteiger partial charge in [0, 0.05) is 5.92 Å². The fourth-order valence-corrected chi connectivity index (χ4v) is 3.30. The third kappa shape index (κ3) is 5.08. The SMILES string of the molecule is CC(C)(C)c1ccc(C(CC(=O)O)NC(=O)C2CCCCC2)cc1. The number of rotatable bonds is 5. The Morgan fingerprint density at radius 1 is 1.12 bits per heavy atom. The molecule has 4 nitrogen and oxygen atoms in total. The van der Waals surface area contributed by atoms with Gasteiger partial charge >= 0.3 is 5.97 Å². The number of carbonyl (C=O) groups excluding carboxylic acids is 1. The molecule has 2 rings (SSSR count). The second-order valence-corrected chi connectivity index (χ2v) is 7.87. The second-order valence-electron chi connectivity index (χ2n) is 7.87. The van der Waals surface area contributed by atoms with Crippen molar-refractivity contribution >= 4 is 11.9 Å². The molecule has 1 aromatic rings. The van der Waals surface area contributed by atoms with Gasteiger partial charge in [-0.15, -0.1) is 0 Å². The van der Waals surface area contributed by atoms with Gasteiger partial charge < -0.3 is 10.4 Å². The van der Waals surface area contributed by atoms with Crippen LogP contribution in [0.5, 0.6) is 0 Å². The summed E-state index contributed by atoms with van der Waals surface area (Å²) < 4.78 is 0. The topological polar surface area (TPSA) is 66.4 Å². The van der Waals surface area contributed by atoms with Gasteiger partial charge in [0.05, 0.1) is 12.5 Å². The summed E-state index contributed by atoms with van der Waals surface area (Å²) in [4.78, 5) is 23.7. The van der Waals surface area contributed by atoms with Crippen LogP contribution in [0.25, 0.3) is 0 Å². The Morgan fingerprint density at radius 3 is 2.21 bits per heavy atom. The average molecular weight is 331 g/mol. The van der Waals surface area contributed by atoms with E-state index in [1.165, 1.54) is 12.0 Å². The highest BCUT2D eigenvalue weighted by Gasteiger charge is 2.25. The van der Waals surface area contributed by atoms with Crippen LogP contribution < -0.4 is 5.32 Å². The van der Waals surface area contributed by atoms with Gasteiger partial charge in [-0.05, 0) is 29.4 Å². The van der Waals surface area contributed by atoms with Gasteiger partial charge in [-0.2, -0.15) is 0 Å². The van der Waals surface area contributed by atoms with Gasteiger partial charge in [0.25, 0.3) is 0 Å². The molecule has 1 fully saturated rings. The van der Waals surface area contributed by atoms with Crippen LogP contribution in [0.2, 0.25) is 0 Å². The molecule has 0 bridgehead atoms. The van der Waals surface area contributed by atoms with Crippen molar-refractivity contribution in [2.45, 2.75) is 70.8 Å². The van der Waals surface area contributed by atoms with E-state index >= 15 is 0 Å². The predicted octanol–water partition coefficient (Wildman–Crippen LogP) is 4.20. The molecule has 1 saturated carbocycles. The lowest BCUT2D eigenvalue weighted by Crippen LogP contribution is -2.36. The van der Waals surface area contributed by atoms with Crippen LogP contribution in [-0.2, 0) is 15.0 Å². The lowest BCUT2D eigenvalue weighted by Gasteiger charge is -2.25. The maximum Gasteiger partial charge on any atom is 0.305 e. The number of nitrogens with one attached hydrogen (secondary N) is 1. The number of carboxylic acids is 1. The van der Waals surface area contributed by atoms with E-state index in [1.54, 1.807) is 0 Å². The lowest BCUT2D eigenvalue weighted by atomic mass is 9.85. The highest BCUT2D eigenvalue weighted by atomic mass is 16.4. The van der Waals surface area contributed by atoms with E-state index in [-0.39, 0.29) is 23.7 Å². The van der Waals surface area contributed by atoms with Crippen molar-refractivity contribution in [2.24, 2.45) is 5.92 Å². The summed E-state index contributed by atoms with van der Waals surface area (Å²) in [6, 6.07) is 7.46. The van der Waals surface area contributed by atoms with Crippen LogP contribution >= 0.6 is 0 Å². The Kier molecular flexibility index (Phi) is 6.03. The number of hydrogen-bond acceptors (Lipinski definition) is 2. The first-order chi connectivity index (χ1) is 11.3. The third-order valence-electron chi connectivity index (χ3n) is 4.85. The van der Waals surface area contributed by atoms with E-state index in [9.17, 15) is 14.7 Å². The molecule has 1 atom stereocenters. The zero-order valence-electron chi connectivity index (χ0n) is 15.0. The van der Waals surface area contributed by atoms with Gasteiger partial charge in [0.15, 0.2) is 0 Å². The van der Waals surface area contributed by atoms with Crippen LogP contribution in [0.1, 0.15) is 76.5 Å². The number of carbonyl (C=O) groups is 2. The fourth-order valence-electron chi connectivity index (χ4n) is 3.30. The fraction of sp³-hybridized carbons (Fsp3) is 0.600. The van der Waals surface area contributed by atoms with Crippen molar-refractivity contribution in [3.05, 3.63) is 35.4 Å². The van der Waals surface area contributed by atoms with Gasteiger partial charge in [0.1, 0.15) is 0 Å². The second kappa shape index (κ2) is 7.82. The summed E-state index contributed by atoms with van der Waals surface area (Å²) in [5.41, 5.74) is 2.10. The van der Waals surface area contributed by atoms with Crippen molar-refractivity contribution in [1.82, 2.24) is 5.32 Å². The van der Waals surface area contributed by atoms with Gasteiger partial charge in [0.2, 0.25) is 5.91 Å². The van der Waals surface area contributed by atoms with Crippen molar-refractivity contribution < 1.29 is 14.7 Å². The largest absolute Gasteiger partial charge is 0.481 e. The van der Waals surface area contributed by atoms with Crippen molar-refractivity contribution in [3.8, 4) is 0 Å². The van der Waals surface area contributed by atoms with E-state index in [4.69, 9.17) is 0 Å². The molecule has 1 aliphatic carbocycles. The number of aliphatic carboxylic acids is 1. The Labute approximate surface area is 144 Å². The van der Waals surface area contributed by atoms with Crippen LogP contribution in [0.3, 0.4) is 0 Å². The molecule has 0 aliphatic heterocycles. The summed E-state index contributed by atoms with van der Waals surface area (Å²) in [6.07, 6.45) is 5.09. The normalized spacial score (nSPS) is 17.3. The minimum atomic E-state index is -0.899. The Balaban J connectivity index is 2.12. The highest BCUT2D eigenvalue weighted by molar-refractivity contribution is 5.80. The molecule has 0 aromatic heterocycles. The Morgan fingerprint density at radius 2 is 1.71 bits per heavy atom. The van der Waals surface area contributed by atoms with E-state index in [1.807, 2.05) is 24.3 Å². The molecule has 1 unspecified atom stereocenters.